The smallest absolute Gasteiger partial charge is 0.185 e. The number of thiocyanates is 1. The molecule has 0 bridgehead atoms. The van der Waals surface area contributed by atoms with Crippen LogP contribution in [0.2, 0.25) is 0 Å². The maximum absolute atomic E-state index is 7.18. The highest BCUT2D eigenvalue weighted by molar-refractivity contribution is 7.85. The molecule has 0 aliphatic carbocycles. The fourth-order valence-corrected chi connectivity index (χ4v) is 1.01. The van der Waals surface area contributed by atoms with E-state index in [0.717, 1.165) is 0 Å². The summed E-state index contributed by atoms with van der Waals surface area (Å²) >= 11 is 19.9. The van der Waals surface area contributed by atoms with Gasteiger partial charge in [0.2, 0.25) is 3.79 Å². The highest BCUT2D eigenvalue weighted by Crippen LogP contribution is 2.37. The number of thiol groups is 1. The molecule has 0 radical (unpaired) electrons. The summed E-state index contributed by atoms with van der Waals surface area (Å²) in [6.07, 6.45) is 0. The average molecular weight is 255 g/mol. The van der Waals surface area contributed by atoms with Crippen LogP contribution in [0.3, 0.4) is 0 Å². The first kappa shape index (κ1) is 12.9. The van der Waals surface area contributed by atoms with Crippen LogP contribution < -0.4 is 0 Å². The molecular weight excluding hydrogens is 249 g/mol. The molecule has 13 heavy (non-hydrogen) atoms. The van der Waals surface area contributed by atoms with E-state index in [9.17, 15) is 0 Å². The third-order valence-corrected chi connectivity index (χ3v) is 1.76. The van der Waals surface area contributed by atoms with Gasteiger partial charge in [-0.05, 0) is 0 Å². The molecule has 0 fully saturated rings. The molecule has 0 N–H and O–H groups in total. The van der Waals surface area contributed by atoms with E-state index in [4.69, 9.17) is 40.1 Å². The van der Waals surface area contributed by atoms with Crippen LogP contribution in [0, 0.1) is 10.7 Å². The van der Waals surface area contributed by atoms with Crippen molar-refractivity contribution >= 4 is 47.4 Å². The molecule has 0 atom stereocenters. The number of nitrogens with zero attached hydrogens (tertiary/aromatic N) is 1. The number of hydrogen-bond donors (Lipinski definition) is 1. The average Bonchev–Trinajstić information content (AvgIpc) is 2.06. The second kappa shape index (κ2) is 6.39. The third-order valence-electron chi connectivity index (χ3n) is 1.10. The Balaban J connectivity index is 0.000000424. The molecule has 0 aliphatic heterocycles. The first-order valence-electron chi connectivity index (χ1n) is 3.17. The lowest BCUT2D eigenvalue weighted by molar-refractivity contribution is 1.24. The Bertz CT molecular complexity index is 276. The molecule has 1 rings (SSSR count). The Hall–Kier alpha value is -0.0700. The topological polar surface area (TPSA) is 23.8 Å². The Morgan fingerprint density at radius 3 is 1.77 bits per heavy atom. The number of hydrogen-bond acceptors (Lipinski definition) is 2. The van der Waals surface area contributed by atoms with E-state index in [-0.39, 0.29) is 0 Å². The maximum Gasteiger partial charge on any atom is 0.216 e. The lowest BCUT2D eigenvalue weighted by Gasteiger charge is -2.09. The highest BCUT2D eigenvalue weighted by Gasteiger charge is 2.21. The van der Waals surface area contributed by atoms with Crippen molar-refractivity contribution in [3.8, 4) is 5.40 Å². The van der Waals surface area contributed by atoms with Gasteiger partial charge in [0.15, 0.2) is 0 Å². The van der Waals surface area contributed by atoms with Gasteiger partial charge in [-0.3, -0.25) is 0 Å². The van der Waals surface area contributed by atoms with Crippen LogP contribution >= 0.6 is 47.4 Å². The van der Waals surface area contributed by atoms with Crippen molar-refractivity contribution in [1.82, 2.24) is 0 Å². The largest absolute Gasteiger partial charge is 0.216 e. The van der Waals surface area contributed by atoms with Gasteiger partial charge < -0.3 is 0 Å². The molecule has 0 unspecified atom stereocenters. The van der Waals surface area contributed by atoms with Crippen molar-refractivity contribution in [3.05, 3.63) is 35.9 Å². The first-order valence-corrected chi connectivity index (χ1v) is 4.76. The molecule has 0 amide bonds. The van der Waals surface area contributed by atoms with Crippen molar-refractivity contribution in [2.24, 2.45) is 0 Å². The van der Waals surface area contributed by atoms with Crippen molar-refractivity contribution < 1.29 is 0 Å². The van der Waals surface area contributed by atoms with E-state index >= 15 is 0 Å². The molecule has 0 saturated heterocycles. The SMILES string of the molecule is ClC(Cl)(Cl)c1ccccc1.N#CS. The van der Waals surface area contributed by atoms with Crippen LogP contribution in [0.4, 0.5) is 0 Å². The zero-order valence-corrected chi connectivity index (χ0v) is 9.58. The third kappa shape index (κ3) is 6.06. The van der Waals surface area contributed by atoms with Gasteiger partial charge >= 0.3 is 0 Å². The molecular formula is C8H6Cl3NS. The van der Waals surface area contributed by atoms with Crippen molar-refractivity contribution in [2.75, 3.05) is 0 Å². The van der Waals surface area contributed by atoms with Gasteiger partial charge in [0.05, 0.1) is 0 Å². The van der Waals surface area contributed by atoms with Crippen molar-refractivity contribution in [1.29, 1.82) is 5.26 Å². The molecule has 0 aliphatic rings. The fourth-order valence-electron chi connectivity index (χ4n) is 0.627. The molecule has 0 saturated carbocycles. The van der Waals surface area contributed by atoms with Crippen LogP contribution in [0.5, 0.6) is 0 Å². The number of nitriles is 1. The second-order valence-corrected chi connectivity index (χ2v) is 4.45. The standard InChI is InChI=1S/C7H5Cl3.CHNS/c8-7(9,10)6-4-2-1-3-5-6;2-1-3/h1-5H;3H. The summed E-state index contributed by atoms with van der Waals surface area (Å²) in [6, 6.07) is 9.08. The minimum atomic E-state index is -1.29. The fraction of sp³-hybridized carbons (Fsp3) is 0.125. The monoisotopic (exact) mass is 253 g/mol. The molecule has 0 heterocycles. The van der Waals surface area contributed by atoms with Gasteiger partial charge in [-0.2, -0.15) is 5.26 Å². The van der Waals surface area contributed by atoms with Gasteiger partial charge in [-0.1, -0.05) is 77.8 Å². The number of rotatable bonds is 0. The van der Waals surface area contributed by atoms with Gasteiger partial charge in [0.1, 0.15) is 5.40 Å². The molecule has 1 aromatic carbocycles. The quantitative estimate of drug-likeness (QED) is 0.424. The first-order chi connectivity index (χ1) is 6.02. The Kier molecular flexibility index (Phi) is 6.36. The van der Waals surface area contributed by atoms with Gasteiger partial charge in [0, 0.05) is 5.56 Å². The van der Waals surface area contributed by atoms with Crippen LogP contribution in [-0.4, -0.2) is 0 Å². The molecule has 1 nitrogen and oxygen atoms in total. The van der Waals surface area contributed by atoms with Crippen LogP contribution in [0.25, 0.3) is 0 Å². The van der Waals surface area contributed by atoms with E-state index in [2.05, 4.69) is 12.6 Å². The van der Waals surface area contributed by atoms with E-state index in [1.165, 1.54) is 5.40 Å². The Morgan fingerprint density at radius 1 is 1.15 bits per heavy atom. The number of benzene rings is 1. The van der Waals surface area contributed by atoms with Gasteiger partial charge in [-0.25, -0.2) is 0 Å². The summed E-state index contributed by atoms with van der Waals surface area (Å²) in [7, 11) is 0. The molecule has 5 heteroatoms. The number of halogens is 3. The minimum Gasteiger partial charge on any atom is -0.185 e. The van der Waals surface area contributed by atoms with E-state index in [0.29, 0.717) is 5.56 Å². The predicted molar refractivity (Wildman–Crippen MR) is 60.3 cm³/mol. The van der Waals surface area contributed by atoms with Crippen molar-refractivity contribution in [2.45, 2.75) is 3.79 Å². The predicted octanol–water partition coefficient (Wildman–Crippen LogP) is 3.91. The lowest BCUT2D eigenvalue weighted by Crippen LogP contribution is -1.98. The summed E-state index contributed by atoms with van der Waals surface area (Å²) in [6.45, 7) is 0. The zero-order chi connectivity index (χ0) is 10.3. The molecule has 1 aromatic rings. The summed E-state index contributed by atoms with van der Waals surface area (Å²) in [5.74, 6) is 0. The number of alkyl halides is 3. The van der Waals surface area contributed by atoms with E-state index in [1.807, 2.05) is 18.2 Å². The molecule has 0 aromatic heterocycles. The van der Waals surface area contributed by atoms with E-state index < -0.39 is 3.79 Å². The summed E-state index contributed by atoms with van der Waals surface area (Å²) in [4.78, 5) is 0. The highest BCUT2D eigenvalue weighted by atomic mass is 35.6. The second-order valence-electron chi connectivity index (χ2n) is 1.96. The lowest BCUT2D eigenvalue weighted by atomic mass is 10.2. The van der Waals surface area contributed by atoms with Crippen molar-refractivity contribution in [3.63, 3.8) is 0 Å². The summed E-state index contributed by atoms with van der Waals surface area (Å²) in [5, 5.41) is 8.63. The maximum atomic E-state index is 7.18. The Morgan fingerprint density at radius 2 is 1.54 bits per heavy atom. The summed E-state index contributed by atoms with van der Waals surface area (Å²) in [5.41, 5.74) is 0.694. The minimum absolute atomic E-state index is 0.694. The Labute approximate surface area is 97.6 Å². The normalized spacial score (nSPS) is 9.46. The van der Waals surface area contributed by atoms with Gasteiger partial charge in [0.25, 0.3) is 0 Å². The molecule has 0 spiro atoms. The summed E-state index contributed by atoms with van der Waals surface area (Å²) < 4.78 is -1.29. The van der Waals surface area contributed by atoms with E-state index in [1.54, 1.807) is 12.1 Å². The van der Waals surface area contributed by atoms with Crippen LogP contribution in [0.1, 0.15) is 5.56 Å². The van der Waals surface area contributed by atoms with Gasteiger partial charge in [-0.15, -0.1) is 0 Å². The van der Waals surface area contributed by atoms with Crippen LogP contribution in [-0.2, 0) is 3.79 Å². The van der Waals surface area contributed by atoms with Crippen LogP contribution in [0.15, 0.2) is 30.3 Å². The zero-order valence-electron chi connectivity index (χ0n) is 6.42. The molecule has 70 valence electrons.